The fourth-order valence-electron chi connectivity index (χ4n) is 2.12. The van der Waals surface area contributed by atoms with Gasteiger partial charge in [0.15, 0.2) is 0 Å². The first kappa shape index (κ1) is 11.7. The molecule has 0 fully saturated rings. The van der Waals surface area contributed by atoms with Crippen molar-refractivity contribution in [2.24, 2.45) is 5.73 Å². The van der Waals surface area contributed by atoms with Crippen LogP contribution in [-0.4, -0.2) is 21.1 Å². The standard InChI is InChI=1S/C12H13BrN4O/c13-9-1-2-12-8(3-9)4-11(18-12)7-17-6-10(5-14)15-16-17/h1-3,6,11H,4-5,7,14H2. The van der Waals surface area contributed by atoms with E-state index in [4.69, 9.17) is 10.5 Å². The van der Waals surface area contributed by atoms with Gasteiger partial charge in [0.2, 0.25) is 0 Å². The highest BCUT2D eigenvalue weighted by Gasteiger charge is 2.23. The lowest BCUT2D eigenvalue weighted by Crippen LogP contribution is -2.21. The summed E-state index contributed by atoms with van der Waals surface area (Å²) in [6.45, 7) is 1.11. The summed E-state index contributed by atoms with van der Waals surface area (Å²) in [6.07, 6.45) is 2.87. The molecule has 0 aliphatic carbocycles. The van der Waals surface area contributed by atoms with Gasteiger partial charge in [-0.15, -0.1) is 5.10 Å². The van der Waals surface area contributed by atoms with Gasteiger partial charge in [0, 0.05) is 23.6 Å². The molecular weight excluding hydrogens is 296 g/mol. The summed E-state index contributed by atoms with van der Waals surface area (Å²) in [4.78, 5) is 0. The first-order chi connectivity index (χ1) is 8.74. The Bertz CT molecular complexity index is 569. The van der Waals surface area contributed by atoms with Crippen molar-refractivity contribution in [3.05, 3.63) is 40.1 Å². The smallest absolute Gasteiger partial charge is 0.123 e. The second-order valence-corrected chi connectivity index (χ2v) is 5.25. The summed E-state index contributed by atoms with van der Waals surface area (Å²) in [5.74, 6) is 0.961. The summed E-state index contributed by atoms with van der Waals surface area (Å²) in [5.41, 5.74) is 7.53. The summed E-state index contributed by atoms with van der Waals surface area (Å²) in [7, 11) is 0. The molecule has 3 rings (SSSR count). The highest BCUT2D eigenvalue weighted by molar-refractivity contribution is 9.10. The Labute approximate surface area is 113 Å². The van der Waals surface area contributed by atoms with Crippen LogP contribution in [0.1, 0.15) is 11.3 Å². The minimum Gasteiger partial charge on any atom is -0.488 e. The Morgan fingerprint density at radius 3 is 3.17 bits per heavy atom. The average Bonchev–Trinajstić information content (AvgIpc) is 2.95. The van der Waals surface area contributed by atoms with Crippen molar-refractivity contribution in [3.8, 4) is 5.75 Å². The molecule has 6 heteroatoms. The third kappa shape index (κ3) is 2.26. The Kier molecular flexibility index (Phi) is 3.05. The summed E-state index contributed by atoms with van der Waals surface area (Å²) < 4.78 is 8.73. The molecule has 1 aliphatic heterocycles. The van der Waals surface area contributed by atoms with E-state index in [9.17, 15) is 0 Å². The Morgan fingerprint density at radius 1 is 1.50 bits per heavy atom. The van der Waals surface area contributed by atoms with E-state index in [1.54, 1.807) is 4.68 Å². The molecule has 1 unspecified atom stereocenters. The molecule has 1 aromatic carbocycles. The van der Waals surface area contributed by atoms with Gasteiger partial charge in [-0.3, -0.25) is 0 Å². The van der Waals surface area contributed by atoms with Gasteiger partial charge in [-0.05, 0) is 23.8 Å². The van der Waals surface area contributed by atoms with E-state index in [1.807, 2.05) is 18.3 Å². The number of benzene rings is 1. The van der Waals surface area contributed by atoms with E-state index < -0.39 is 0 Å². The van der Waals surface area contributed by atoms with Gasteiger partial charge < -0.3 is 10.5 Å². The van der Waals surface area contributed by atoms with E-state index in [1.165, 1.54) is 5.56 Å². The van der Waals surface area contributed by atoms with Crippen LogP contribution in [0.2, 0.25) is 0 Å². The van der Waals surface area contributed by atoms with Crippen molar-refractivity contribution in [2.45, 2.75) is 25.6 Å². The van der Waals surface area contributed by atoms with E-state index >= 15 is 0 Å². The molecular formula is C12H13BrN4O. The molecule has 0 spiro atoms. The maximum atomic E-state index is 5.87. The lowest BCUT2D eigenvalue weighted by Gasteiger charge is -2.09. The molecule has 2 aromatic rings. The predicted molar refractivity (Wildman–Crippen MR) is 70.2 cm³/mol. The Balaban J connectivity index is 1.70. The Morgan fingerprint density at radius 2 is 2.39 bits per heavy atom. The van der Waals surface area contributed by atoms with Crippen molar-refractivity contribution in [1.29, 1.82) is 0 Å². The number of halogens is 1. The van der Waals surface area contributed by atoms with Crippen LogP contribution in [0.4, 0.5) is 0 Å². The van der Waals surface area contributed by atoms with Crippen molar-refractivity contribution in [3.63, 3.8) is 0 Å². The van der Waals surface area contributed by atoms with E-state index in [-0.39, 0.29) is 6.10 Å². The molecule has 0 bridgehead atoms. The largest absolute Gasteiger partial charge is 0.488 e. The molecule has 94 valence electrons. The third-order valence-electron chi connectivity index (χ3n) is 2.95. The van der Waals surface area contributed by atoms with Crippen molar-refractivity contribution < 1.29 is 4.74 Å². The molecule has 0 saturated heterocycles. The van der Waals surface area contributed by atoms with Gasteiger partial charge in [0.1, 0.15) is 11.9 Å². The zero-order valence-corrected chi connectivity index (χ0v) is 11.3. The van der Waals surface area contributed by atoms with Crippen LogP contribution in [0.15, 0.2) is 28.9 Å². The van der Waals surface area contributed by atoms with Crippen LogP contribution in [0, 0.1) is 0 Å². The molecule has 0 radical (unpaired) electrons. The van der Waals surface area contributed by atoms with Crippen LogP contribution in [0.5, 0.6) is 5.75 Å². The first-order valence-electron chi connectivity index (χ1n) is 5.79. The average molecular weight is 309 g/mol. The monoisotopic (exact) mass is 308 g/mol. The topological polar surface area (TPSA) is 66.0 Å². The predicted octanol–water partition coefficient (Wildman–Crippen LogP) is 1.50. The number of hydrogen-bond donors (Lipinski definition) is 1. The minimum absolute atomic E-state index is 0.113. The van der Waals surface area contributed by atoms with Crippen molar-refractivity contribution >= 4 is 15.9 Å². The quantitative estimate of drug-likeness (QED) is 0.933. The maximum Gasteiger partial charge on any atom is 0.123 e. The summed E-state index contributed by atoms with van der Waals surface area (Å²) >= 11 is 3.47. The zero-order chi connectivity index (χ0) is 12.5. The molecule has 0 saturated carbocycles. The molecule has 1 atom stereocenters. The number of ether oxygens (including phenoxy) is 1. The number of rotatable bonds is 3. The molecule has 0 amide bonds. The van der Waals surface area contributed by atoms with Gasteiger partial charge in [0.05, 0.1) is 12.2 Å². The highest BCUT2D eigenvalue weighted by Crippen LogP contribution is 2.31. The lowest BCUT2D eigenvalue weighted by molar-refractivity contribution is 0.202. The summed E-state index contributed by atoms with van der Waals surface area (Å²) in [5, 5.41) is 7.99. The van der Waals surface area contributed by atoms with Gasteiger partial charge in [0.25, 0.3) is 0 Å². The van der Waals surface area contributed by atoms with Crippen molar-refractivity contribution in [1.82, 2.24) is 15.0 Å². The fourth-order valence-corrected chi connectivity index (χ4v) is 2.53. The van der Waals surface area contributed by atoms with Crippen LogP contribution < -0.4 is 10.5 Å². The SMILES string of the molecule is NCc1cn(CC2Cc3cc(Br)ccc3O2)nn1. The van der Waals surface area contributed by atoms with Crippen molar-refractivity contribution in [2.75, 3.05) is 0 Å². The fraction of sp³-hybridized carbons (Fsp3) is 0.333. The number of nitrogens with two attached hydrogens (primary N) is 1. The Hall–Kier alpha value is -1.40. The van der Waals surface area contributed by atoms with Crippen LogP contribution in [0.3, 0.4) is 0 Å². The van der Waals surface area contributed by atoms with E-state index in [0.29, 0.717) is 13.1 Å². The van der Waals surface area contributed by atoms with Crippen LogP contribution >= 0.6 is 15.9 Å². The highest BCUT2D eigenvalue weighted by atomic mass is 79.9. The zero-order valence-electron chi connectivity index (χ0n) is 9.71. The number of aromatic nitrogens is 3. The second kappa shape index (κ2) is 4.70. The minimum atomic E-state index is 0.113. The molecule has 2 heterocycles. The van der Waals surface area contributed by atoms with Gasteiger partial charge in [-0.25, -0.2) is 4.68 Å². The number of fused-ring (bicyclic) bond motifs is 1. The van der Waals surface area contributed by atoms with Gasteiger partial charge >= 0.3 is 0 Å². The summed E-state index contributed by atoms with van der Waals surface area (Å²) in [6, 6.07) is 6.08. The lowest BCUT2D eigenvalue weighted by atomic mass is 10.1. The molecule has 1 aromatic heterocycles. The molecule has 1 aliphatic rings. The van der Waals surface area contributed by atoms with E-state index in [2.05, 4.69) is 32.3 Å². The maximum absolute atomic E-state index is 5.87. The normalized spacial score (nSPS) is 17.6. The molecule has 5 nitrogen and oxygen atoms in total. The second-order valence-electron chi connectivity index (χ2n) is 4.33. The van der Waals surface area contributed by atoms with Crippen LogP contribution in [-0.2, 0) is 19.5 Å². The number of hydrogen-bond acceptors (Lipinski definition) is 4. The van der Waals surface area contributed by atoms with Gasteiger partial charge in [-0.1, -0.05) is 21.1 Å². The van der Waals surface area contributed by atoms with Crippen LogP contribution in [0.25, 0.3) is 0 Å². The van der Waals surface area contributed by atoms with Gasteiger partial charge in [-0.2, -0.15) is 0 Å². The molecule has 18 heavy (non-hydrogen) atoms. The van der Waals surface area contributed by atoms with E-state index in [0.717, 1.165) is 22.3 Å². The third-order valence-corrected chi connectivity index (χ3v) is 3.44. The molecule has 2 N–H and O–H groups in total. The number of nitrogens with zero attached hydrogens (tertiary/aromatic N) is 3. The first-order valence-corrected chi connectivity index (χ1v) is 6.58.